The molecule has 4 rings (SSSR count). The molecule has 0 atom stereocenters. The summed E-state index contributed by atoms with van der Waals surface area (Å²) in [5.74, 6) is 0.939. The van der Waals surface area contributed by atoms with E-state index in [0.29, 0.717) is 24.8 Å². The molecular weight excluding hydrogens is 354 g/mol. The summed E-state index contributed by atoms with van der Waals surface area (Å²) in [7, 11) is 0. The second-order valence-electron chi connectivity index (χ2n) is 7.41. The van der Waals surface area contributed by atoms with Gasteiger partial charge in [0.1, 0.15) is 0 Å². The van der Waals surface area contributed by atoms with Crippen molar-refractivity contribution in [3.63, 3.8) is 0 Å². The van der Waals surface area contributed by atoms with Crippen LogP contribution in [0.3, 0.4) is 0 Å². The van der Waals surface area contributed by atoms with Crippen molar-refractivity contribution in [1.82, 2.24) is 24.5 Å². The van der Waals surface area contributed by atoms with Crippen LogP contribution in [0.5, 0.6) is 0 Å². The van der Waals surface area contributed by atoms with Gasteiger partial charge < -0.3 is 9.64 Å². The highest BCUT2D eigenvalue weighted by molar-refractivity contribution is 5.90. The number of carbonyl (C=O) groups is 1. The zero-order valence-corrected chi connectivity index (χ0v) is 16.3. The number of amides is 1. The molecule has 0 unspecified atom stereocenters. The highest BCUT2D eigenvalue weighted by atomic mass is 16.5. The number of ether oxygens (including phenoxy) is 1. The summed E-state index contributed by atoms with van der Waals surface area (Å²) in [5, 5.41) is 4.44. The van der Waals surface area contributed by atoms with Crippen molar-refractivity contribution in [2.45, 2.75) is 33.2 Å². The first kappa shape index (κ1) is 18.6. The van der Waals surface area contributed by atoms with Gasteiger partial charge in [0.2, 0.25) is 5.82 Å². The number of benzene rings is 1. The largest absolute Gasteiger partial charge is 0.381 e. The van der Waals surface area contributed by atoms with Crippen LogP contribution in [0.2, 0.25) is 0 Å². The number of hydrogen-bond acceptors (Lipinski definition) is 5. The first-order chi connectivity index (χ1) is 13.6. The van der Waals surface area contributed by atoms with Crippen LogP contribution in [0.1, 0.15) is 40.4 Å². The number of hydrogen-bond donors (Lipinski definition) is 0. The average molecular weight is 379 g/mol. The van der Waals surface area contributed by atoms with Gasteiger partial charge in [-0.15, -0.1) is 5.10 Å². The Morgan fingerprint density at radius 1 is 1.18 bits per heavy atom. The second kappa shape index (κ2) is 8.06. The van der Waals surface area contributed by atoms with Crippen molar-refractivity contribution >= 4 is 11.7 Å². The van der Waals surface area contributed by atoms with Crippen LogP contribution in [-0.2, 0) is 11.3 Å². The van der Waals surface area contributed by atoms with Crippen molar-refractivity contribution in [2.75, 3.05) is 19.8 Å². The minimum Gasteiger partial charge on any atom is -0.381 e. The van der Waals surface area contributed by atoms with Crippen LogP contribution >= 0.6 is 0 Å². The van der Waals surface area contributed by atoms with E-state index in [0.717, 1.165) is 43.0 Å². The van der Waals surface area contributed by atoms with E-state index in [9.17, 15) is 4.79 Å². The lowest BCUT2D eigenvalue weighted by Gasteiger charge is -2.29. The Morgan fingerprint density at radius 2 is 1.93 bits per heavy atom. The van der Waals surface area contributed by atoms with Gasteiger partial charge in [-0.1, -0.05) is 30.3 Å². The lowest BCUT2D eigenvalue weighted by molar-refractivity contribution is 0.0440. The van der Waals surface area contributed by atoms with Crippen LogP contribution in [0, 0.1) is 19.8 Å². The molecule has 1 aliphatic rings. The van der Waals surface area contributed by atoms with Crippen LogP contribution in [0.25, 0.3) is 5.78 Å². The smallest absolute Gasteiger partial charge is 0.293 e. The molecule has 3 heterocycles. The summed E-state index contributed by atoms with van der Waals surface area (Å²) in [6.45, 7) is 6.58. The molecule has 1 saturated heterocycles. The summed E-state index contributed by atoms with van der Waals surface area (Å²) < 4.78 is 7.10. The van der Waals surface area contributed by atoms with Gasteiger partial charge in [-0.3, -0.25) is 4.79 Å². The number of fused-ring (bicyclic) bond motifs is 1. The average Bonchev–Trinajstić information content (AvgIpc) is 3.13. The van der Waals surface area contributed by atoms with Crippen molar-refractivity contribution in [3.8, 4) is 0 Å². The molecule has 2 aromatic heterocycles. The minimum atomic E-state index is -0.155. The quantitative estimate of drug-likeness (QED) is 0.682. The molecule has 0 spiro atoms. The standard InChI is InChI=1S/C21H25N5O2/c1-15-12-16(2)26-21(22-15)23-19(24-26)20(27)25(13-17-6-4-3-5-7-17)14-18-8-10-28-11-9-18/h3-7,12,18H,8-11,13-14H2,1-2H3. The highest BCUT2D eigenvalue weighted by Gasteiger charge is 2.25. The van der Waals surface area contributed by atoms with Crippen LogP contribution < -0.4 is 0 Å². The van der Waals surface area contributed by atoms with Gasteiger partial charge in [0.25, 0.3) is 11.7 Å². The fourth-order valence-electron chi connectivity index (χ4n) is 3.66. The van der Waals surface area contributed by atoms with Crippen LogP contribution in [0.4, 0.5) is 0 Å². The molecule has 7 nitrogen and oxygen atoms in total. The summed E-state index contributed by atoms with van der Waals surface area (Å²) in [6, 6.07) is 12.0. The Hall–Kier alpha value is -2.80. The topological polar surface area (TPSA) is 72.6 Å². The van der Waals surface area contributed by atoms with E-state index < -0.39 is 0 Å². The van der Waals surface area contributed by atoms with E-state index in [-0.39, 0.29) is 11.7 Å². The van der Waals surface area contributed by atoms with Crippen molar-refractivity contribution in [2.24, 2.45) is 5.92 Å². The molecule has 1 aliphatic heterocycles. The minimum absolute atomic E-state index is 0.155. The van der Waals surface area contributed by atoms with Gasteiger partial charge in [0.05, 0.1) is 0 Å². The lowest BCUT2D eigenvalue weighted by Crippen LogP contribution is -2.37. The predicted octanol–water partition coefficient (Wildman–Crippen LogP) is 2.81. The molecular formula is C21H25N5O2. The maximum atomic E-state index is 13.3. The van der Waals surface area contributed by atoms with Crippen LogP contribution in [0.15, 0.2) is 36.4 Å². The summed E-state index contributed by atoms with van der Waals surface area (Å²) in [5.41, 5.74) is 2.87. The van der Waals surface area contributed by atoms with Gasteiger partial charge >= 0.3 is 0 Å². The van der Waals surface area contributed by atoms with Gasteiger partial charge in [-0.25, -0.2) is 9.50 Å². The van der Waals surface area contributed by atoms with Crippen molar-refractivity contribution < 1.29 is 9.53 Å². The zero-order valence-electron chi connectivity index (χ0n) is 16.3. The highest BCUT2D eigenvalue weighted by Crippen LogP contribution is 2.19. The first-order valence-electron chi connectivity index (χ1n) is 9.72. The molecule has 0 saturated carbocycles. The van der Waals surface area contributed by atoms with Gasteiger partial charge in [0, 0.05) is 37.7 Å². The molecule has 3 aromatic rings. The molecule has 0 bridgehead atoms. The maximum Gasteiger partial charge on any atom is 0.293 e. The number of nitrogens with zero attached hydrogens (tertiary/aromatic N) is 5. The van der Waals surface area contributed by atoms with E-state index in [1.807, 2.05) is 55.1 Å². The molecule has 1 fully saturated rings. The first-order valence-corrected chi connectivity index (χ1v) is 9.72. The Kier molecular flexibility index (Phi) is 5.34. The molecule has 0 radical (unpaired) electrons. The number of aromatic nitrogens is 4. The Bertz CT molecular complexity index is 964. The van der Waals surface area contributed by atoms with E-state index in [2.05, 4.69) is 15.1 Å². The van der Waals surface area contributed by atoms with Gasteiger partial charge in [-0.2, -0.15) is 4.98 Å². The van der Waals surface area contributed by atoms with E-state index >= 15 is 0 Å². The molecule has 0 N–H and O–H groups in total. The fraction of sp³-hybridized carbons (Fsp3) is 0.429. The molecule has 7 heteroatoms. The predicted molar refractivity (Wildman–Crippen MR) is 105 cm³/mol. The van der Waals surface area contributed by atoms with E-state index in [1.165, 1.54) is 0 Å². The van der Waals surface area contributed by atoms with Gasteiger partial charge in [-0.05, 0) is 44.2 Å². The molecule has 1 amide bonds. The van der Waals surface area contributed by atoms with Gasteiger partial charge in [0.15, 0.2) is 0 Å². The van der Waals surface area contributed by atoms with E-state index in [4.69, 9.17) is 4.74 Å². The summed E-state index contributed by atoms with van der Waals surface area (Å²) in [4.78, 5) is 24.0. The third kappa shape index (κ3) is 4.04. The fourth-order valence-corrected chi connectivity index (χ4v) is 3.66. The summed E-state index contributed by atoms with van der Waals surface area (Å²) >= 11 is 0. The number of rotatable bonds is 5. The Balaban J connectivity index is 1.62. The third-order valence-electron chi connectivity index (χ3n) is 5.13. The zero-order chi connectivity index (χ0) is 19.5. The lowest BCUT2D eigenvalue weighted by atomic mass is 9.99. The number of aryl methyl sites for hydroxylation is 2. The molecule has 146 valence electrons. The second-order valence-corrected chi connectivity index (χ2v) is 7.41. The molecule has 0 aliphatic carbocycles. The molecule has 1 aromatic carbocycles. The normalized spacial score (nSPS) is 15.1. The Morgan fingerprint density at radius 3 is 2.68 bits per heavy atom. The monoisotopic (exact) mass is 379 g/mol. The molecule has 28 heavy (non-hydrogen) atoms. The summed E-state index contributed by atoms with van der Waals surface area (Å²) in [6.07, 6.45) is 1.94. The van der Waals surface area contributed by atoms with Crippen molar-refractivity contribution in [1.29, 1.82) is 0 Å². The van der Waals surface area contributed by atoms with Crippen LogP contribution in [-0.4, -0.2) is 50.1 Å². The Labute approximate surface area is 164 Å². The van der Waals surface area contributed by atoms with E-state index in [1.54, 1.807) is 4.52 Å². The maximum absolute atomic E-state index is 13.3. The van der Waals surface area contributed by atoms with Crippen molar-refractivity contribution in [3.05, 3.63) is 59.2 Å². The third-order valence-corrected chi connectivity index (χ3v) is 5.13. The SMILES string of the molecule is Cc1cc(C)n2nc(C(=O)N(Cc3ccccc3)CC3CCOCC3)nc2n1. The number of carbonyl (C=O) groups excluding carboxylic acids is 1.